The van der Waals surface area contributed by atoms with Crippen LogP contribution in [-0.2, 0) is 9.47 Å². The molecule has 0 N–H and O–H groups in total. The fourth-order valence-electron chi connectivity index (χ4n) is 1.88. The Balaban J connectivity index is 1.90. The van der Waals surface area contributed by atoms with Crippen molar-refractivity contribution in [2.45, 2.75) is 0 Å². The molecule has 0 amide bonds. The summed E-state index contributed by atoms with van der Waals surface area (Å²) in [7, 11) is 0. The van der Waals surface area contributed by atoms with Gasteiger partial charge in [-0.1, -0.05) is 81.4 Å². The highest BCUT2D eigenvalue weighted by Gasteiger charge is 2.19. The lowest BCUT2D eigenvalue weighted by Gasteiger charge is -2.07. The van der Waals surface area contributed by atoms with Crippen molar-refractivity contribution >= 4 is 81.5 Å². The monoisotopic (exact) mass is 498 g/mol. The molecule has 0 fully saturated rings. The van der Waals surface area contributed by atoms with Crippen LogP contribution in [0, 0.1) is 11.8 Å². The van der Waals surface area contributed by atoms with Crippen LogP contribution in [0.2, 0.25) is 30.1 Å². The molecule has 0 bridgehead atoms. The molecule has 2 aromatic rings. The van der Waals surface area contributed by atoms with E-state index in [4.69, 9.17) is 79.1 Å². The van der Waals surface area contributed by atoms with Crippen molar-refractivity contribution in [2.24, 2.45) is 0 Å². The highest BCUT2D eigenvalue weighted by atomic mass is 35.5. The normalized spacial score (nSPS) is 10.1. The topological polar surface area (TPSA) is 52.6 Å². The first-order valence-corrected chi connectivity index (χ1v) is 9.57. The Kier molecular flexibility index (Phi) is 8.57. The summed E-state index contributed by atoms with van der Waals surface area (Å²) in [4.78, 5) is 24.1. The van der Waals surface area contributed by atoms with Gasteiger partial charge in [-0.25, -0.2) is 9.59 Å². The predicted molar refractivity (Wildman–Crippen MR) is 111 cm³/mol. The molecule has 28 heavy (non-hydrogen) atoms. The third kappa shape index (κ3) is 5.61. The van der Waals surface area contributed by atoms with Crippen LogP contribution >= 0.6 is 69.6 Å². The summed E-state index contributed by atoms with van der Waals surface area (Å²) in [5.41, 5.74) is -0.122. The maximum absolute atomic E-state index is 12.0. The van der Waals surface area contributed by atoms with Crippen LogP contribution in [0.15, 0.2) is 24.3 Å². The summed E-state index contributed by atoms with van der Waals surface area (Å²) < 4.78 is 9.90. The second kappa shape index (κ2) is 10.5. The zero-order valence-electron chi connectivity index (χ0n) is 13.6. The number of carbonyl (C=O) groups is 2. The Morgan fingerprint density at radius 3 is 1.32 bits per heavy atom. The third-order valence-electron chi connectivity index (χ3n) is 3.17. The molecule has 0 aromatic heterocycles. The molecule has 0 radical (unpaired) electrons. The fourth-order valence-corrected chi connectivity index (χ4v) is 3.24. The number of hydrogen-bond acceptors (Lipinski definition) is 4. The molecule has 0 aliphatic rings. The van der Waals surface area contributed by atoms with E-state index in [0.29, 0.717) is 0 Å². The molecular weight excluding hydrogens is 493 g/mol. The summed E-state index contributed by atoms with van der Waals surface area (Å²) in [6.45, 7) is -0.567. The highest BCUT2D eigenvalue weighted by Crippen LogP contribution is 2.32. The average molecular weight is 501 g/mol. The Labute approximate surface area is 190 Å². The van der Waals surface area contributed by atoms with E-state index in [1.807, 2.05) is 0 Å². The van der Waals surface area contributed by atoms with E-state index in [0.717, 1.165) is 0 Å². The highest BCUT2D eigenvalue weighted by molar-refractivity contribution is 6.46. The third-order valence-corrected chi connectivity index (χ3v) is 5.41. The van der Waals surface area contributed by atoms with Crippen molar-refractivity contribution < 1.29 is 19.1 Å². The van der Waals surface area contributed by atoms with Crippen LogP contribution in [0.5, 0.6) is 0 Å². The van der Waals surface area contributed by atoms with Crippen LogP contribution in [0.25, 0.3) is 0 Å². The Bertz CT molecular complexity index is 916. The molecule has 0 unspecified atom stereocenters. The van der Waals surface area contributed by atoms with E-state index >= 15 is 0 Å². The SMILES string of the molecule is O=C(OCC#CCOC(=O)c1c(Cl)ccc(Cl)c1Cl)c1c(Cl)ccc(Cl)c1Cl. The number of halogens is 6. The Morgan fingerprint density at radius 1 is 0.643 bits per heavy atom. The summed E-state index contributed by atoms with van der Waals surface area (Å²) in [5, 5.41) is 0.476. The van der Waals surface area contributed by atoms with Crippen molar-refractivity contribution in [3.63, 3.8) is 0 Å². The first-order chi connectivity index (χ1) is 13.2. The zero-order chi connectivity index (χ0) is 20.8. The summed E-state index contributed by atoms with van der Waals surface area (Å²) >= 11 is 35.4. The number of esters is 2. The van der Waals surface area contributed by atoms with Gasteiger partial charge in [-0.2, -0.15) is 0 Å². The van der Waals surface area contributed by atoms with Crippen LogP contribution in [0.4, 0.5) is 0 Å². The molecular formula is C18H8Cl6O4. The lowest BCUT2D eigenvalue weighted by molar-refractivity contribution is 0.0539. The maximum atomic E-state index is 12.0. The summed E-state index contributed by atoms with van der Waals surface area (Å²) in [6.07, 6.45) is 0. The van der Waals surface area contributed by atoms with Gasteiger partial charge in [0.25, 0.3) is 0 Å². The van der Waals surface area contributed by atoms with Gasteiger partial charge in [-0.3, -0.25) is 0 Å². The molecule has 146 valence electrons. The average Bonchev–Trinajstić information content (AvgIpc) is 2.65. The van der Waals surface area contributed by atoms with Gasteiger partial charge < -0.3 is 9.47 Å². The first-order valence-electron chi connectivity index (χ1n) is 7.31. The number of benzene rings is 2. The van der Waals surface area contributed by atoms with Crippen molar-refractivity contribution in [1.82, 2.24) is 0 Å². The van der Waals surface area contributed by atoms with Gasteiger partial charge >= 0.3 is 11.9 Å². The molecule has 0 spiro atoms. The molecule has 0 saturated heterocycles. The van der Waals surface area contributed by atoms with E-state index in [1.54, 1.807) is 0 Å². The van der Waals surface area contributed by atoms with Crippen molar-refractivity contribution in [1.29, 1.82) is 0 Å². The van der Waals surface area contributed by atoms with Gasteiger partial charge in [0.15, 0.2) is 13.2 Å². The van der Waals surface area contributed by atoms with Crippen LogP contribution in [-0.4, -0.2) is 25.2 Å². The minimum Gasteiger partial charge on any atom is -0.449 e. The minimum atomic E-state index is -0.790. The molecule has 2 aromatic carbocycles. The molecule has 0 aliphatic heterocycles. The van der Waals surface area contributed by atoms with E-state index in [9.17, 15) is 9.59 Å². The van der Waals surface area contributed by atoms with E-state index in [2.05, 4.69) is 11.8 Å². The Morgan fingerprint density at radius 2 is 0.964 bits per heavy atom. The van der Waals surface area contributed by atoms with E-state index in [1.165, 1.54) is 24.3 Å². The molecule has 0 atom stereocenters. The molecule has 0 aliphatic carbocycles. The molecule has 0 saturated carbocycles. The van der Waals surface area contributed by atoms with Gasteiger partial charge in [0.2, 0.25) is 0 Å². The van der Waals surface area contributed by atoms with Gasteiger partial charge in [0.1, 0.15) is 0 Å². The maximum Gasteiger partial charge on any atom is 0.342 e. The van der Waals surface area contributed by atoms with Crippen LogP contribution in [0.1, 0.15) is 20.7 Å². The van der Waals surface area contributed by atoms with E-state index < -0.39 is 11.9 Å². The minimum absolute atomic E-state index is 0.0173. The summed E-state index contributed by atoms with van der Waals surface area (Å²) in [5.74, 6) is 3.43. The van der Waals surface area contributed by atoms with Crippen molar-refractivity contribution in [3.05, 3.63) is 65.5 Å². The molecule has 10 heteroatoms. The van der Waals surface area contributed by atoms with Crippen LogP contribution in [0.3, 0.4) is 0 Å². The number of rotatable bonds is 4. The van der Waals surface area contributed by atoms with Crippen molar-refractivity contribution in [3.8, 4) is 11.8 Å². The number of carbonyl (C=O) groups excluding carboxylic acids is 2. The van der Waals surface area contributed by atoms with Gasteiger partial charge in [-0.15, -0.1) is 0 Å². The standard InChI is InChI=1S/C18H8Cl6O4/c19-9-3-5-11(21)15(23)13(9)17(25)27-7-1-2-8-28-18(26)14-10(20)4-6-12(22)16(14)24/h3-6H,7-8H2. The predicted octanol–water partition coefficient (Wildman–Crippen LogP) is 6.62. The van der Waals surface area contributed by atoms with E-state index in [-0.39, 0.29) is 54.5 Å². The Hall–Kier alpha value is -1.32. The molecule has 0 heterocycles. The lowest BCUT2D eigenvalue weighted by atomic mass is 10.2. The largest absolute Gasteiger partial charge is 0.449 e. The van der Waals surface area contributed by atoms with Gasteiger partial charge in [0.05, 0.1) is 41.3 Å². The second-order valence-electron chi connectivity index (χ2n) is 4.94. The van der Waals surface area contributed by atoms with Crippen LogP contribution < -0.4 is 0 Å². The fraction of sp³-hybridized carbons (Fsp3) is 0.111. The molecule has 4 nitrogen and oxygen atoms in total. The van der Waals surface area contributed by atoms with Crippen molar-refractivity contribution in [2.75, 3.05) is 13.2 Å². The molecule has 2 rings (SSSR count). The smallest absolute Gasteiger partial charge is 0.342 e. The lowest BCUT2D eigenvalue weighted by Crippen LogP contribution is -2.08. The van der Waals surface area contributed by atoms with Gasteiger partial charge in [0, 0.05) is 0 Å². The second-order valence-corrected chi connectivity index (χ2v) is 7.33. The zero-order valence-corrected chi connectivity index (χ0v) is 18.2. The summed E-state index contributed by atoms with van der Waals surface area (Å²) in [6, 6.07) is 5.75. The quantitative estimate of drug-likeness (QED) is 0.269. The van der Waals surface area contributed by atoms with Gasteiger partial charge in [-0.05, 0) is 24.3 Å². The first kappa shape index (κ1) is 23.0. The number of hydrogen-bond donors (Lipinski definition) is 0. The number of ether oxygens (including phenoxy) is 2.